The number of allylic oxidation sites excluding steroid dienone is 1. The standard InChI is InChI=1S/C22H26Cl3N3O5S/c1-7-8-14(12-32-34(6,30)31)18-19(25)26-13(2)27-20(18)28(21(29)33-22(3,4)5)17-10-9-15(23)11-16(17)24/h7,9-11,14H,1,8,12H2,2-6H3. The molecule has 0 saturated carbocycles. The van der Waals surface area contributed by atoms with Crippen LogP contribution in [0, 0.1) is 6.92 Å². The van der Waals surface area contributed by atoms with E-state index < -0.39 is 27.7 Å². The Morgan fingerprint density at radius 3 is 2.41 bits per heavy atom. The second-order valence-corrected chi connectivity index (χ2v) is 11.3. The number of hydrogen-bond donors (Lipinski definition) is 0. The highest BCUT2D eigenvalue weighted by Crippen LogP contribution is 2.41. The number of carbonyl (C=O) groups excluding carboxylic acids is 1. The smallest absolute Gasteiger partial charge is 0.420 e. The average molecular weight is 551 g/mol. The maximum Gasteiger partial charge on any atom is 0.420 e. The van der Waals surface area contributed by atoms with Gasteiger partial charge in [-0.15, -0.1) is 6.58 Å². The highest BCUT2D eigenvalue weighted by Gasteiger charge is 2.33. The van der Waals surface area contributed by atoms with Gasteiger partial charge in [0.1, 0.15) is 16.6 Å². The number of hydrogen-bond acceptors (Lipinski definition) is 7. The molecule has 0 aliphatic heterocycles. The molecule has 12 heteroatoms. The summed E-state index contributed by atoms with van der Waals surface area (Å²) in [7, 11) is -3.76. The fourth-order valence-electron chi connectivity index (χ4n) is 3.00. The van der Waals surface area contributed by atoms with Gasteiger partial charge in [-0.3, -0.25) is 4.18 Å². The fourth-order valence-corrected chi connectivity index (χ4v) is 4.27. The molecule has 34 heavy (non-hydrogen) atoms. The third-order valence-corrected chi connectivity index (χ3v) is 5.66. The first-order valence-electron chi connectivity index (χ1n) is 10.1. The number of benzene rings is 1. The van der Waals surface area contributed by atoms with Crippen LogP contribution in [0.5, 0.6) is 0 Å². The minimum Gasteiger partial charge on any atom is -0.443 e. The molecule has 1 heterocycles. The molecule has 0 radical (unpaired) electrons. The van der Waals surface area contributed by atoms with E-state index in [9.17, 15) is 13.2 Å². The van der Waals surface area contributed by atoms with E-state index in [0.29, 0.717) is 5.02 Å². The minimum absolute atomic E-state index is 0.0186. The maximum absolute atomic E-state index is 13.4. The van der Waals surface area contributed by atoms with Crippen molar-refractivity contribution in [2.24, 2.45) is 0 Å². The lowest BCUT2D eigenvalue weighted by molar-refractivity contribution is 0.0597. The van der Waals surface area contributed by atoms with Gasteiger partial charge in [-0.25, -0.2) is 19.7 Å². The molecule has 1 atom stereocenters. The van der Waals surface area contributed by atoms with Crippen LogP contribution in [-0.4, -0.2) is 42.9 Å². The van der Waals surface area contributed by atoms with E-state index in [1.807, 2.05) is 0 Å². The van der Waals surface area contributed by atoms with E-state index in [1.165, 1.54) is 6.07 Å². The average Bonchev–Trinajstić information content (AvgIpc) is 2.65. The number of carbonyl (C=O) groups is 1. The molecule has 0 spiro atoms. The Morgan fingerprint density at radius 2 is 1.88 bits per heavy atom. The molecule has 1 amide bonds. The lowest BCUT2D eigenvalue weighted by atomic mass is 9.97. The highest BCUT2D eigenvalue weighted by molar-refractivity contribution is 7.85. The summed E-state index contributed by atoms with van der Waals surface area (Å²) in [5.41, 5.74) is -0.343. The SMILES string of the molecule is C=CCC(COS(C)(=O)=O)c1c(Cl)nc(C)nc1N(C(=O)OC(C)(C)C)c1ccc(Cl)cc1Cl. The molecule has 2 aromatic rings. The first-order valence-corrected chi connectivity index (χ1v) is 13.1. The predicted octanol–water partition coefficient (Wildman–Crippen LogP) is 6.45. The zero-order chi connectivity index (χ0) is 25.8. The summed E-state index contributed by atoms with van der Waals surface area (Å²) in [6.07, 6.45) is 1.98. The summed E-state index contributed by atoms with van der Waals surface area (Å²) in [5.74, 6) is -0.324. The van der Waals surface area contributed by atoms with Crippen LogP contribution in [0.25, 0.3) is 0 Å². The quantitative estimate of drug-likeness (QED) is 0.211. The normalized spacial score (nSPS) is 12.8. The Hall–Kier alpha value is -1.91. The molecular formula is C22H26Cl3N3O5S. The van der Waals surface area contributed by atoms with Crippen molar-refractivity contribution in [3.8, 4) is 0 Å². The zero-order valence-electron chi connectivity index (χ0n) is 19.4. The Kier molecular flexibility index (Phi) is 9.35. The first kappa shape index (κ1) is 28.3. The van der Waals surface area contributed by atoms with Crippen molar-refractivity contribution in [2.75, 3.05) is 17.8 Å². The van der Waals surface area contributed by atoms with Crippen LogP contribution in [-0.2, 0) is 19.0 Å². The third-order valence-electron chi connectivity index (χ3n) is 4.27. The molecule has 1 aromatic carbocycles. The Bertz CT molecular complexity index is 1180. The maximum atomic E-state index is 13.4. The number of aryl methyl sites for hydroxylation is 1. The molecule has 0 N–H and O–H groups in total. The van der Waals surface area contributed by atoms with Crippen molar-refractivity contribution in [1.82, 2.24) is 9.97 Å². The summed E-state index contributed by atoms with van der Waals surface area (Å²) in [6, 6.07) is 4.57. The topological polar surface area (TPSA) is 98.7 Å². The second-order valence-electron chi connectivity index (χ2n) is 8.42. The molecule has 0 bridgehead atoms. The monoisotopic (exact) mass is 549 g/mol. The third kappa shape index (κ3) is 7.81. The Labute approximate surface area is 215 Å². The predicted molar refractivity (Wildman–Crippen MR) is 135 cm³/mol. The van der Waals surface area contributed by atoms with Crippen LogP contribution in [0.4, 0.5) is 16.3 Å². The Morgan fingerprint density at radius 1 is 1.24 bits per heavy atom. The summed E-state index contributed by atoms with van der Waals surface area (Å²) < 4.78 is 34.0. The van der Waals surface area contributed by atoms with Crippen molar-refractivity contribution in [2.45, 2.75) is 45.6 Å². The summed E-state index contributed by atoms with van der Waals surface area (Å²) in [4.78, 5) is 23.3. The van der Waals surface area contributed by atoms with Crippen LogP contribution in [0.3, 0.4) is 0 Å². The molecule has 0 aliphatic rings. The highest BCUT2D eigenvalue weighted by atomic mass is 35.5. The minimum atomic E-state index is -3.76. The molecular weight excluding hydrogens is 525 g/mol. The molecule has 0 aliphatic carbocycles. The van der Waals surface area contributed by atoms with Gasteiger partial charge in [0.15, 0.2) is 5.82 Å². The number of rotatable bonds is 8. The molecule has 2 rings (SSSR count). The van der Waals surface area contributed by atoms with Crippen LogP contribution < -0.4 is 4.90 Å². The van der Waals surface area contributed by atoms with E-state index in [-0.39, 0.29) is 46.1 Å². The van der Waals surface area contributed by atoms with E-state index in [2.05, 4.69) is 16.5 Å². The van der Waals surface area contributed by atoms with Crippen molar-refractivity contribution in [3.05, 3.63) is 57.4 Å². The summed E-state index contributed by atoms with van der Waals surface area (Å²) in [5, 5.41) is 0.538. The van der Waals surface area contributed by atoms with Crippen molar-refractivity contribution in [1.29, 1.82) is 0 Å². The molecule has 0 fully saturated rings. The number of ether oxygens (including phenoxy) is 1. The van der Waals surface area contributed by atoms with Gasteiger partial charge in [0.05, 0.1) is 23.6 Å². The van der Waals surface area contributed by atoms with Gasteiger partial charge < -0.3 is 4.74 Å². The summed E-state index contributed by atoms with van der Waals surface area (Å²) in [6.45, 7) is 10.2. The van der Waals surface area contributed by atoms with Gasteiger partial charge >= 0.3 is 6.09 Å². The molecule has 8 nitrogen and oxygen atoms in total. The number of nitrogens with zero attached hydrogens (tertiary/aromatic N) is 3. The van der Waals surface area contributed by atoms with Crippen LogP contribution in [0.1, 0.15) is 44.5 Å². The van der Waals surface area contributed by atoms with E-state index in [0.717, 1.165) is 11.2 Å². The van der Waals surface area contributed by atoms with Crippen LogP contribution >= 0.6 is 34.8 Å². The van der Waals surface area contributed by atoms with Crippen LogP contribution in [0.15, 0.2) is 30.9 Å². The van der Waals surface area contributed by atoms with Gasteiger partial charge in [-0.1, -0.05) is 40.9 Å². The van der Waals surface area contributed by atoms with Gasteiger partial charge in [-0.05, 0) is 52.3 Å². The molecule has 1 aromatic heterocycles. The van der Waals surface area contributed by atoms with Gasteiger partial charge in [0.25, 0.3) is 10.1 Å². The number of halogens is 3. The van der Waals surface area contributed by atoms with E-state index in [4.69, 9.17) is 43.7 Å². The first-order chi connectivity index (χ1) is 15.6. The molecule has 1 unspecified atom stereocenters. The number of anilines is 2. The van der Waals surface area contributed by atoms with Gasteiger partial charge in [-0.2, -0.15) is 8.42 Å². The zero-order valence-corrected chi connectivity index (χ0v) is 22.5. The van der Waals surface area contributed by atoms with Crippen molar-refractivity contribution < 1.29 is 22.1 Å². The molecule has 0 saturated heterocycles. The lowest BCUT2D eigenvalue weighted by Crippen LogP contribution is -2.35. The molecule has 186 valence electrons. The largest absolute Gasteiger partial charge is 0.443 e. The van der Waals surface area contributed by atoms with E-state index in [1.54, 1.807) is 45.9 Å². The summed E-state index contributed by atoms with van der Waals surface area (Å²) >= 11 is 19.0. The lowest BCUT2D eigenvalue weighted by Gasteiger charge is -2.30. The van der Waals surface area contributed by atoms with Gasteiger partial charge in [0.2, 0.25) is 0 Å². The van der Waals surface area contributed by atoms with Crippen molar-refractivity contribution >= 4 is 62.5 Å². The van der Waals surface area contributed by atoms with Crippen molar-refractivity contribution in [3.63, 3.8) is 0 Å². The number of amides is 1. The van der Waals surface area contributed by atoms with Crippen LogP contribution in [0.2, 0.25) is 15.2 Å². The fraction of sp³-hybridized carbons (Fsp3) is 0.409. The number of aromatic nitrogens is 2. The van der Waals surface area contributed by atoms with E-state index >= 15 is 0 Å². The second kappa shape index (κ2) is 11.2. The Balaban J connectivity index is 2.81. The van der Waals surface area contributed by atoms with Gasteiger partial charge in [0, 0.05) is 16.5 Å².